The van der Waals surface area contributed by atoms with Crippen molar-refractivity contribution in [2.24, 2.45) is 16.6 Å². The van der Waals surface area contributed by atoms with Crippen molar-refractivity contribution in [2.75, 3.05) is 7.05 Å². The summed E-state index contributed by atoms with van der Waals surface area (Å²) in [7, 11) is 2.08. The minimum Gasteiger partial charge on any atom is -0.385 e. The molecular formula is C15H28N2. The Bertz CT molecular complexity index is 359. The van der Waals surface area contributed by atoms with Gasteiger partial charge in [-0.15, -0.1) is 0 Å². The van der Waals surface area contributed by atoms with E-state index >= 15 is 0 Å². The van der Waals surface area contributed by atoms with Crippen molar-refractivity contribution in [3.8, 4) is 0 Å². The molecule has 1 aliphatic rings. The molecule has 0 radical (unpaired) electrons. The Morgan fingerprint density at radius 1 is 1.18 bits per heavy atom. The zero-order valence-corrected chi connectivity index (χ0v) is 12.5. The van der Waals surface area contributed by atoms with Gasteiger partial charge in [0.15, 0.2) is 0 Å². The molecule has 0 saturated heterocycles. The Morgan fingerprint density at radius 2 is 1.65 bits per heavy atom. The first-order chi connectivity index (χ1) is 7.63. The standard InChI is InChI=1S/C15H28N2/c1-8-12(16)17(7)13-11(2)14(3,4)9-10-15(13,5)6/h8H,9-10,16H2,1-7H3/b12-8+. The van der Waals surface area contributed by atoms with E-state index in [1.807, 2.05) is 13.0 Å². The Morgan fingerprint density at radius 3 is 2.12 bits per heavy atom. The molecule has 0 aliphatic heterocycles. The topological polar surface area (TPSA) is 29.3 Å². The molecule has 0 saturated carbocycles. The summed E-state index contributed by atoms with van der Waals surface area (Å²) in [5, 5.41) is 0. The van der Waals surface area contributed by atoms with Crippen LogP contribution in [0.5, 0.6) is 0 Å². The first-order valence-corrected chi connectivity index (χ1v) is 6.51. The highest BCUT2D eigenvalue weighted by atomic mass is 15.2. The molecule has 0 unspecified atom stereocenters. The summed E-state index contributed by atoms with van der Waals surface area (Å²) in [6.07, 6.45) is 4.44. The third-order valence-corrected chi connectivity index (χ3v) is 4.40. The van der Waals surface area contributed by atoms with Crippen molar-refractivity contribution in [1.29, 1.82) is 0 Å². The van der Waals surface area contributed by atoms with Crippen molar-refractivity contribution in [3.63, 3.8) is 0 Å². The van der Waals surface area contributed by atoms with Crippen LogP contribution in [-0.4, -0.2) is 11.9 Å². The number of rotatable bonds is 2. The van der Waals surface area contributed by atoms with Crippen LogP contribution in [0.4, 0.5) is 0 Å². The van der Waals surface area contributed by atoms with Gasteiger partial charge in [0.05, 0.1) is 5.82 Å². The predicted molar refractivity (Wildman–Crippen MR) is 75.2 cm³/mol. The first kappa shape index (κ1) is 14.1. The molecule has 0 atom stereocenters. The number of nitrogens with two attached hydrogens (primary N) is 1. The van der Waals surface area contributed by atoms with E-state index in [-0.39, 0.29) is 10.8 Å². The number of nitrogens with zero attached hydrogens (tertiary/aromatic N) is 1. The third-order valence-electron chi connectivity index (χ3n) is 4.40. The monoisotopic (exact) mass is 236 g/mol. The van der Waals surface area contributed by atoms with E-state index in [1.165, 1.54) is 24.1 Å². The molecule has 0 aromatic heterocycles. The van der Waals surface area contributed by atoms with Gasteiger partial charge >= 0.3 is 0 Å². The summed E-state index contributed by atoms with van der Waals surface area (Å²) in [6.45, 7) is 13.5. The smallest absolute Gasteiger partial charge is 0.0982 e. The second-order valence-electron chi connectivity index (χ2n) is 6.51. The molecule has 98 valence electrons. The lowest BCUT2D eigenvalue weighted by Gasteiger charge is -2.46. The summed E-state index contributed by atoms with van der Waals surface area (Å²) in [5.41, 5.74) is 9.43. The molecular weight excluding hydrogens is 208 g/mol. The zero-order chi connectivity index (χ0) is 13.4. The van der Waals surface area contributed by atoms with Crippen LogP contribution in [0.2, 0.25) is 0 Å². The Balaban J connectivity index is 3.31. The van der Waals surface area contributed by atoms with Gasteiger partial charge in [0.1, 0.15) is 0 Å². The maximum Gasteiger partial charge on any atom is 0.0982 e. The van der Waals surface area contributed by atoms with E-state index < -0.39 is 0 Å². The zero-order valence-electron chi connectivity index (χ0n) is 12.5. The average Bonchev–Trinajstić information content (AvgIpc) is 2.23. The fraction of sp³-hybridized carbons (Fsp3) is 0.733. The van der Waals surface area contributed by atoms with Crippen molar-refractivity contribution >= 4 is 0 Å². The fourth-order valence-electron chi connectivity index (χ4n) is 2.79. The lowest BCUT2D eigenvalue weighted by atomic mass is 9.65. The molecule has 1 rings (SSSR count). The molecule has 2 N–H and O–H groups in total. The third kappa shape index (κ3) is 2.51. The van der Waals surface area contributed by atoms with Crippen LogP contribution >= 0.6 is 0 Å². The Labute approximate surface area is 107 Å². The molecule has 0 amide bonds. The van der Waals surface area contributed by atoms with Crippen LogP contribution in [0.3, 0.4) is 0 Å². The molecule has 1 aliphatic carbocycles. The molecule has 0 aromatic carbocycles. The molecule has 2 heteroatoms. The maximum absolute atomic E-state index is 6.07. The number of hydrogen-bond acceptors (Lipinski definition) is 2. The van der Waals surface area contributed by atoms with Gasteiger partial charge in [0.2, 0.25) is 0 Å². The van der Waals surface area contributed by atoms with Crippen LogP contribution in [0.1, 0.15) is 54.4 Å². The van der Waals surface area contributed by atoms with Gasteiger partial charge in [0, 0.05) is 18.2 Å². The highest BCUT2D eigenvalue weighted by Gasteiger charge is 2.39. The average molecular weight is 236 g/mol. The van der Waals surface area contributed by atoms with Crippen LogP contribution < -0.4 is 5.73 Å². The van der Waals surface area contributed by atoms with Crippen LogP contribution in [0.15, 0.2) is 23.2 Å². The van der Waals surface area contributed by atoms with Crippen molar-refractivity contribution in [3.05, 3.63) is 23.2 Å². The lowest BCUT2D eigenvalue weighted by Crippen LogP contribution is -2.38. The summed E-state index contributed by atoms with van der Waals surface area (Å²) < 4.78 is 0. The van der Waals surface area contributed by atoms with E-state index in [2.05, 4.69) is 46.6 Å². The largest absolute Gasteiger partial charge is 0.385 e. The van der Waals surface area contributed by atoms with Crippen LogP contribution in [0, 0.1) is 10.8 Å². The van der Waals surface area contributed by atoms with E-state index in [0.29, 0.717) is 0 Å². The van der Waals surface area contributed by atoms with Gasteiger partial charge in [-0.3, -0.25) is 0 Å². The lowest BCUT2D eigenvalue weighted by molar-refractivity contribution is 0.212. The summed E-state index contributed by atoms with van der Waals surface area (Å²) in [6, 6.07) is 0. The van der Waals surface area contributed by atoms with E-state index in [4.69, 9.17) is 5.73 Å². The quantitative estimate of drug-likeness (QED) is 0.789. The van der Waals surface area contributed by atoms with E-state index in [9.17, 15) is 0 Å². The van der Waals surface area contributed by atoms with Gasteiger partial charge in [-0.1, -0.05) is 27.7 Å². The highest BCUT2D eigenvalue weighted by Crippen LogP contribution is 2.49. The second kappa shape index (κ2) is 4.40. The van der Waals surface area contributed by atoms with E-state index in [1.54, 1.807) is 0 Å². The number of hydrogen-bond donors (Lipinski definition) is 1. The van der Waals surface area contributed by atoms with Gasteiger partial charge in [0.25, 0.3) is 0 Å². The summed E-state index contributed by atoms with van der Waals surface area (Å²) >= 11 is 0. The van der Waals surface area contributed by atoms with Crippen LogP contribution in [0.25, 0.3) is 0 Å². The molecule has 0 bridgehead atoms. The van der Waals surface area contributed by atoms with Crippen molar-refractivity contribution in [2.45, 2.75) is 54.4 Å². The minimum absolute atomic E-state index is 0.210. The highest BCUT2D eigenvalue weighted by molar-refractivity contribution is 5.29. The molecule has 0 aromatic rings. The molecule has 0 heterocycles. The predicted octanol–water partition coefficient (Wildman–Crippen LogP) is 3.86. The van der Waals surface area contributed by atoms with Crippen molar-refractivity contribution in [1.82, 2.24) is 4.90 Å². The summed E-state index contributed by atoms with van der Waals surface area (Å²) in [5.74, 6) is 0.838. The molecule has 0 spiro atoms. The molecule has 2 nitrogen and oxygen atoms in total. The van der Waals surface area contributed by atoms with Crippen LogP contribution in [-0.2, 0) is 0 Å². The van der Waals surface area contributed by atoms with Crippen molar-refractivity contribution < 1.29 is 0 Å². The minimum atomic E-state index is 0.210. The number of allylic oxidation sites excluding steroid dienone is 3. The fourth-order valence-corrected chi connectivity index (χ4v) is 2.79. The van der Waals surface area contributed by atoms with Gasteiger partial charge in [-0.25, -0.2) is 0 Å². The Hall–Kier alpha value is -0.920. The van der Waals surface area contributed by atoms with Gasteiger partial charge < -0.3 is 10.6 Å². The SMILES string of the molecule is C/C=C(\N)N(C)C1=C(C)C(C)(C)CCC1(C)C. The van der Waals surface area contributed by atoms with Gasteiger partial charge in [-0.05, 0) is 43.8 Å². The maximum atomic E-state index is 6.07. The molecule has 0 fully saturated rings. The Kier molecular flexibility index (Phi) is 3.66. The summed E-state index contributed by atoms with van der Waals surface area (Å²) in [4.78, 5) is 2.16. The second-order valence-corrected chi connectivity index (χ2v) is 6.51. The molecule has 17 heavy (non-hydrogen) atoms. The van der Waals surface area contributed by atoms with Gasteiger partial charge in [-0.2, -0.15) is 0 Å². The first-order valence-electron chi connectivity index (χ1n) is 6.51. The normalized spacial score (nSPS) is 23.8. The van der Waals surface area contributed by atoms with E-state index in [0.717, 1.165) is 5.82 Å².